The molecule has 4 N–H and O–H groups in total. The van der Waals surface area contributed by atoms with Gasteiger partial charge in [-0.25, -0.2) is 4.31 Å². The van der Waals surface area contributed by atoms with E-state index in [-0.39, 0.29) is 12.4 Å². The SMILES string of the molecule is Cl.NCCCN1c2ccccc2N(c2ccc(Cl)cc2)S1(O)O. The van der Waals surface area contributed by atoms with E-state index in [1.54, 1.807) is 32.9 Å². The van der Waals surface area contributed by atoms with Crippen LogP contribution in [0.1, 0.15) is 6.42 Å². The van der Waals surface area contributed by atoms with Gasteiger partial charge in [0, 0.05) is 11.6 Å². The van der Waals surface area contributed by atoms with Gasteiger partial charge in [0.1, 0.15) is 0 Å². The molecule has 0 fully saturated rings. The topological polar surface area (TPSA) is 73.0 Å². The van der Waals surface area contributed by atoms with E-state index in [0.717, 1.165) is 11.4 Å². The van der Waals surface area contributed by atoms with Crippen LogP contribution in [-0.2, 0) is 0 Å². The Balaban J connectivity index is 0.00000192. The molecule has 8 heteroatoms. The Labute approximate surface area is 148 Å². The van der Waals surface area contributed by atoms with E-state index >= 15 is 0 Å². The number of nitrogens with zero attached hydrogens (tertiary/aromatic N) is 2. The zero-order valence-electron chi connectivity index (χ0n) is 12.3. The van der Waals surface area contributed by atoms with Gasteiger partial charge in [0.25, 0.3) is 0 Å². The normalized spacial score (nSPS) is 16.7. The van der Waals surface area contributed by atoms with Crippen molar-refractivity contribution in [3.05, 3.63) is 53.6 Å². The first-order chi connectivity index (χ1) is 10.6. The van der Waals surface area contributed by atoms with Gasteiger partial charge in [-0.1, -0.05) is 23.7 Å². The highest BCUT2D eigenvalue weighted by atomic mass is 35.5. The van der Waals surface area contributed by atoms with E-state index in [1.807, 2.05) is 24.3 Å². The molecule has 0 atom stereocenters. The molecule has 0 bridgehead atoms. The summed E-state index contributed by atoms with van der Waals surface area (Å²) in [4.78, 5) is 0. The van der Waals surface area contributed by atoms with Crippen LogP contribution in [0.3, 0.4) is 0 Å². The van der Waals surface area contributed by atoms with Crippen LogP contribution in [0.2, 0.25) is 5.02 Å². The number of hydrogen-bond donors (Lipinski definition) is 3. The number of rotatable bonds is 4. The number of hydrogen-bond acceptors (Lipinski definition) is 5. The zero-order valence-corrected chi connectivity index (χ0v) is 14.7. The van der Waals surface area contributed by atoms with Crippen molar-refractivity contribution >= 4 is 52.0 Å². The summed E-state index contributed by atoms with van der Waals surface area (Å²) in [5.74, 6) is 0. The van der Waals surface area contributed by atoms with Crippen LogP contribution in [0.15, 0.2) is 48.5 Å². The van der Waals surface area contributed by atoms with Crippen molar-refractivity contribution in [3.63, 3.8) is 0 Å². The largest absolute Gasteiger partial charge is 0.330 e. The predicted octanol–water partition coefficient (Wildman–Crippen LogP) is 4.65. The Morgan fingerprint density at radius 2 is 1.61 bits per heavy atom. The van der Waals surface area contributed by atoms with Gasteiger partial charge in [-0.2, -0.15) is 0 Å². The predicted molar refractivity (Wildman–Crippen MR) is 101 cm³/mol. The summed E-state index contributed by atoms with van der Waals surface area (Å²) in [6, 6.07) is 14.5. The molecule has 0 radical (unpaired) electrons. The van der Waals surface area contributed by atoms with Crippen molar-refractivity contribution in [2.75, 3.05) is 21.7 Å². The molecular formula is C15H19Cl2N3O2S. The molecule has 0 saturated heterocycles. The molecule has 5 nitrogen and oxygen atoms in total. The first kappa shape index (κ1) is 18.2. The minimum atomic E-state index is -3.16. The van der Waals surface area contributed by atoms with Gasteiger partial charge < -0.3 is 5.73 Å². The summed E-state index contributed by atoms with van der Waals surface area (Å²) in [6.07, 6.45) is 0.679. The van der Waals surface area contributed by atoms with E-state index in [9.17, 15) is 9.11 Å². The van der Waals surface area contributed by atoms with Gasteiger partial charge in [0.15, 0.2) is 0 Å². The molecule has 0 amide bonds. The van der Waals surface area contributed by atoms with Crippen LogP contribution in [-0.4, -0.2) is 22.2 Å². The molecule has 2 aromatic carbocycles. The molecule has 126 valence electrons. The van der Waals surface area contributed by atoms with Gasteiger partial charge in [0.2, 0.25) is 0 Å². The molecule has 0 spiro atoms. The number of anilines is 3. The highest BCUT2D eigenvalue weighted by Crippen LogP contribution is 2.63. The van der Waals surface area contributed by atoms with Crippen LogP contribution in [0, 0.1) is 0 Å². The second-order valence-corrected chi connectivity index (χ2v) is 7.22. The minimum absolute atomic E-state index is 0. The monoisotopic (exact) mass is 375 g/mol. The van der Waals surface area contributed by atoms with Crippen molar-refractivity contribution in [1.29, 1.82) is 0 Å². The van der Waals surface area contributed by atoms with Gasteiger partial charge in [-0.3, -0.25) is 13.4 Å². The fourth-order valence-electron chi connectivity index (χ4n) is 2.54. The van der Waals surface area contributed by atoms with E-state index < -0.39 is 11.0 Å². The third-order valence-corrected chi connectivity index (χ3v) is 5.66. The van der Waals surface area contributed by atoms with Crippen molar-refractivity contribution < 1.29 is 9.11 Å². The van der Waals surface area contributed by atoms with Gasteiger partial charge in [-0.15, -0.1) is 12.4 Å². The zero-order chi connectivity index (χ0) is 15.7. The van der Waals surface area contributed by atoms with Crippen LogP contribution in [0.5, 0.6) is 0 Å². The molecule has 0 aliphatic carbocycles. The lowest BCUT2D eigenvalue weighted by Crippen LogP contribution is -2.32. The highest BCUT2D eigenvalue weighted by Gasteiger charge is 2.41. The summed E-state index contributed by atoms with van der Waals surface area (Å²) < 4.78 is 24.8. The third kappa shape index (κ3) is 3.24. The standard InChI is InChI=1S/C15H18ClN3O2S.ClH/c16-12-6-8-13(9-7-12)19-15-5-2-1-4-14(15)18(11-3-10-17)22(19,20)21;/h1-2,4-9,20-21H,3,10-11,17H2;1H. The van der Waals surface area contributed by atoms with Crippen LogP contribution >= 0.6 is 35.0 Å². The van der Waals surface area contributed by atoms with E-state index in [4.69, 9.17) is 17.3 Å². The highest BCUT2D eigenvalue weighted by molar-refractivity contribution is 8.27. The van der Waals surface area contributed by atoms with Crippen LogP contribution in [0.25, 0.3) is 0 Å². The number of fused-ring (bicyclic) bond motifs is 1. The quantitative estimate of drug-likeness (QED) is 0.725. The molecule has 1 aliphatic rings. The fourth-order valence-corrected chi connectivity index (χ4v) is 4.48. The molecule has 0 unspecified atom stereocenters. The Hall–Kier alpha value is -1.15. The molecule has 1 heterocycles. The van der Waals surface area contributed by atoms with Gasteiger partial charge in [0.05, 0.1) is 17.1 Å². The van der Waals surface area contributed by atoms with Gasteiger partial charge >= 0.3 is 0 Å². The van der Waals surface area contributed by atoms with Crippen LogP contribution < -0.4 is 14.3 Å². The number of halogens is 2. The first-order valence-electron chi connectivity index (χ1n) is 6.96. The van der Waals surface area contributed by atoms with Crippen molar-refractivity contribution in [2.45, 2.75) is 6.42 Å². The number of benzene rings is 2. The van der Waals surface area contributed by atoms with E-state index in [2.05, 4.69) is 0 Å². The van der Waals surface area contributed by atoms with Crippen molar-refractivity contribution in [2.24, 2.45) is 5.73 Å². The maximum Gasteiger partial charge on any atom is 0.0896 e. The molecule has 0 saturated carbocycles. The average molecular weight is 376 g/mol. The minimum Gasteiger partial charge on any atom is -0.330 e. The Kier molecular flexibility index (Phi) is 5.67. The summed E-state index contributed by atoms with van der Waals surface area (Å²) >= 11 is 5.93. The first-order valence-corrected chi connectivity index (χ1v) is 8.80. The lowest BCUT2D eigenvalue weighted by atomic mass is 10.2. The Bertz CT molecular complexity index is 670. The number of para-hydroxylation sites is 2. The smallest absolute Gasteiger partial charge is 0.0896 e. The fraction of sp³-hybridized carbons (Fsp3) is 0.200. The lowest BCUT2D eigenvalue weighted by Gasteiger charge is -2.43. The second-order valence-electron chi connectivity index (χ2n) is 4.99. The average Bonchev–Trinajstić information content (AvgIpc) is 2.73. The molecule has 23 heavy (non-hydrogen) atoms. The van der Waals surface area contributed by atoms with Crippen molar-refractivity contribution in [3.8, 4) is 0 Å². The molecule has 0 aromatic heterocycles. The maximum absolute atomic E-state index is 10.8. The van der Waals surface area contributed by atoms with Crippen molar-refractivity contribution in [1.82, 2.24) is 0 Å². The van der Waals surface area contributed by atoms with Crippen LogP contribution in [0.4, 0.5) is 17.1 Å². The molecular weight excluding hydrogens is 357 g/mol. The molecule has 1 aliphatic heterocycles. The second kappa shape index (κ2) is 7.17. The number of nitrogens with two attached hydrogens (primary N) is 1. The Morgan fingerprint density at radius 3 is 2.22 bits per heavy atom. The maximum atomic E-state index is 10.8. The Morgan fingerprint density at radius 1 is 1.00 bits per heavy atom. The summed E-state index contributed by atoms with van der Waals surface area (Å²) in [7, 11) is -3.16. The summed E-state index contributed by atoms with van der Waals surface area (Å²) in [6.45, 7) is 0.981. The van der Waals surface area contributed by atoms with E-state index in [1.165, 1.54) is 0 Å². The van der Waals surface area contributed by atoms with E-state index in [0.29, 0.717) is 30.2 Å². The third-order valence-electron chi connectivity index (χ3n) is 3.54. The molecule has 2 aromatic rings. The molecule has 3 rings (SSSR count). The van der Waals surface area contributed by atoms with Gasteiger partial charge in [-0.05, 0) is 60.3 Å². The lowest BCUT2D eigenvalue weighted by molar-refractivity contribution is 0.484. The summed E-state index contributed by atoms with van der Waals surface area (Å²) in [5, 5.41) is 0.604. The summed E-state index contributed by atoms with van der Waals surface area (Å²) in [5.41, 5.74) is 7.82.